The Balaban J connectivity index is 1.29. The van der Waals surface area contributed by atoms with Crippen LogP contribution < -0.4 is 24.3 Å². The first kappa shape index (κ1) is 24.4. The van der Waals surface area contributed by atoms with Crippen molar-refractivity contribution < 1.29 is 23.7 Å². The monoisotopic (exact) mass is 476 g/mol. The minimum absolute atomic E-state index is 0.0104. The summed E-state index contributed by atoms with van der Waals surface area (Å²) in [5.74, 6) is 3.44. The molecule has 1 unspecified atom stereocenters. The second-order valence-corrected chi connectivity index (χ2v) is 8.55. The molecule has 1 heterocycles. The van der Waals surface area contributed by atoms with Crippen molar-refractivity contribution in [2.24, 2.45) is 0 Å². The predicted molar refractivity (Wildman–Crippen MR) is 135 cm³/mol. The number of nitrogens with zero attached hydrogens (tertiary/aromatic N) is 1. The van der Waals surface area contributed by atoms with E-state index in [4.69, 9.17) is 18.9 Å². The van der Waals surface area contributed by atoms with Crippen molar-refractivity contribution in [3.05, 3.63) is 77.9 Å². The molecule has 1 atom stereocenters. The van der Waals surface area contributed by atoms with Crippen molar-refractivity contribution in [2.45, 2.75) is 25.4 Å². The Kier molecular flexibility index (Phi) is 8.11. The van der Waals surface area contributed by atoms with Gasteiger partial charge < -0.3 is 24.3 Å². The van der Waals surface area contributed by atoms with Crippen molar-refractivity contribution in [3.63, 3.8) is 0 Å². The van der Waals surface area contributed by atoms with Gasteiger partial charge in [0.2, 0.25) is 5.91 Å². The highest BCUT2D eigenvalue weighted by Gasteiger charge is 2.24. The van der Waals surface area contributed by atoms with Gasteiger partial charge in [0.05, 0.1) is 27.8 Å². The Morgan fingerprint density at radius 1 is 0.857 bits per heavy atom. The lowest BCUT2D eigenvalue weighted by Crippen LogP contribution is -2.37. The smallest absolute Gasteiger partial charge is 0.224 e. The van der Waals surface area contributed by atoms with Crippen LogP contribution in [0, 0.1) is 0 Å². The molecule has 1 fully saturated rings. The van der Waals surface area contributed by atoms with Crippen LogP contribution in [-0.2, 0) is 17.8 Å². The van der Waals surface area contributed by atoms with E-state index < -0.39 is 0 Å². The maximum atomic E-state index is 12.6. The third kappa shape index (κ3) is 6.45. The molecule has 3 aromatic rings. The van der Waals surface area contributed by atoms with E-state index in [1.807, 2.05) is 54.6 Å². The van der Waals surface area contributed by atoms with Crippen LogP contribution >= 0.6 is 0 Å². The standard InChI is InChI=1S/C28H32N2O5/c1-32-24-9-4-5-10-26(24)35-23-8-6-7-21(15-23)18-30-14-13-22(19-30)29-28(31)17-20-11-12-25(33-2)27(16-20)34-3/h4-12,15-16,22H,13-14,17-19H2,1-3H3,(H,29,31). The number of methoxy groups -OCH3 is 3. The van der Waals surface area contributed by atoms with Crippen LogP contribution in [0.1, 0.15) is 17.5 Å². The molecule has 184 valence electrons. The summed E-state index contributed by atoms with van der Waals surface area (Å²) in [6.07, 6.45) is 1.23. The van der Waals surface area contributed by atoms with Crippen LogP contribution in [0.25, 0.3) is 0 Å². The topological polar surface area (TPSA) is 69.3 Å². The summed E-state index contributed by atoms with van der Waals surface area (Å²) in [7, 11) is 4.82. The van der Waals surface area contributed by atoms with E-state index in [2.05, 4.69) is 22.3 Å². The van der Waals surface area contributed by atoms with Gasteiger partial charge in [-0.15, -0.1) is 0 Å². The molecule has 4 rings (SSSR count). The average molecular weight is 477 g/mol. The molecule has 1 aliphatic rings. The molecule has 1 N–H and O–H groups in total. The number of ether oxygens (including phenoxy) is 4. The van der Waals surface area contributed by atoms with E-state index in [-0.39, 0.29) is 11.9 Å². The van der Waals surface area contributed by atoms with Gasteiger partial charge in [-0.25, -0.2) is 0 Å². The molecule has 0 saturated carbocycles. The number of carbonyl (C=O) groups is 1. The SMILES string of the molecule is COc1ccc(CC(=O)NC2CCN(Cc3cccc(Oc4ccccc4OC)c3)C2)cc1OC. The van der Waals surface area contributed by atoms with E-state index in [0.717, 1.165) is 42.9 Å². The van der Waals surface area contributed by atoms with Gasteiger partial charge in [-0.1, -0.05) is 30.3 Å². The predicted octanol–water partition coefficient (Wildman–Crippen LogP) is 4.44. The summed E-state index contributed by atoms with van der Waals surface area (Å²) >= 11 is 0. The number of para-hydroxylation sites is 2. The van der Waals surface area contributed by atoms with Gasteiger partial charge in [0.15, 0.2) is 23.0 Å². The van der Waals surface area contributed by atoms with Gasteiger partial charge in [0, 0.05) is 25.7 Å². The van der Waals surface area contributed by atoms with Crippen LogP contribution in [0.4, 0.5) is 0 Å². The second-order valence-electron chi connectivity index (χ2n) is 8.55. The molecule has 1 aliphatic heterocycles. The second kappa shape index (κ2) is 11.6. The van der Waals surface area contributed by atoms with Crippen molar-refractivity contribution in [3.8, 4) is 28.7 Å². The molecule has 35 heavy (non-hydrogen) atoms. The van der Waals surface area contributed by atoms with Crippen molar-refractivity contribution in [2.75, 3.05) is 34.4 Å². The first-order valence-electron chi connectivity index (χ1n) is 11.7. The number of nitrogens with one attached hydrogen (secondary N) is 1. The van der Waals surface area contributed by atoms with E-state index in [9.17, 15) is 4.79 Å². The van der Waals surface area contributed by atoms with E-state index in [1.165, 1.54) is 0 Å². The molecular formula is C28H32N2O5. The minimum atomic E-state index is 0.0104. The van der Waals surface area contributed by atoms with Gasteiger partial charge in [-0.3, -0.25) is 9.69 Å². The van der Waals surface area contributed by atoms with Crippen LogP contribution in [0.3, 0.4) is 0 Å². The Hall–Kier alpha value is -3.71. The lowest BCUT2D eigenvalue weighted by Gasteiger charge is -2.18. The molecule has 0 aromatic heterocycles. The fourth-order valence-electron chi connectivity index (χ4n) is 4.34. The Bertz CT molecular complexity index is 1150. The highest BCUT2D eigenvalue weighted by Crippen LogP contribution is 2.31. The van der Waals surface area contributed by atoms with Crippen LogP contribution in [0.15, 0.2) is 66.7 Å². The lowest BCUT2D eigenvalue weighted by atomic mass is 10.1. The number of hydrogen-bond acceptors (Lipinski definition) is 6. The normalized spacial score (nSPS) is 15.5. The highest BCUT2D eigenvalue weighted by atomic mass is 16.5. The summed E-state index contributed by atoms with van der Waals surface area (Å²) in [5, 5.41) is 3.17. The first-order chi connectivity index (χ1) is 17.1. The highest BCUT2D eigenvalue weighted by molar-refractivity contribution is 5.79. The van der Waals surface area contributed by atoms with Gasteiger partial charge >= 0.3 is 0 Å². The largest absolute Gasteiger partial charge is 0.493 e. The quantitative estimate of drug-likeness (QED) is 0.467. The first-order valence-corrected chi connectivity index (χ1v) is 11.7. The number of hydrogen-bond donors (Lipinski definition) is 1. The Morgan fingerprint density at radius 2 is 1.60 bits per heavy atom. The van der Waals surface area contributed by atoms with E-state index >= 15 is 0 Å². The van der Waals surface area contributed by atoms with Crippen molar-refractivity contribution >= 4 is 5.91 Å². The molecule has 1 saturated heterocycles. The summed E-state index contributed by atoms with van der Waals surface area (Å²) in [6.45, 7) is 2.54. The molecule has 0 bridgehead atoms. The number of amides is 1. The third-order valence-electron chi connectivity index (χ3n) is 6.05. The molecular weight excluding hydrogens is 444 g/mol. The summed E-state index contributed by atoms with van der Waals surface area (Å²) in [4.78, 5) is 15.0. The number of likely N-dealkylation sites (tertiary alicyclic amines) is 1. The molecule has 3 aromatic carbocycles. The molecule has 0 aliphatic carbocycles. The Morgan fingerprint density at radius 3 is 2.37 bits per heavy atom. The molecule has 0 radical (unpaired) electrons. The zero-order valence-corrected chi connectivity index (χ0v) is 20.5. The van der Waals surface area contributed by atoms with Gasteiger partial charge in [0.1, 0.15) is 5.75 Å². The fourth-order valence-corrected chi connectivity index (χ4v) is 4.34. The summed E-state index contributed by atoms with van der Waals surface area (Å²) in [6, 6.07) is 21.4. The van der Waals surface area contributed by atoms with Crippen LogP contribution in [0.2, 0.25) is 0 Å². The van der Waals surface area contributed by atoms with E-state index in [0.29, 0.717) is 29.4 Å². The molecule has 7 heteroatoms. The number of benzene rings is 3. The number of carbonyl (C=O) groups excluding carboxylic acids is 1. The minimum Gasteiger partial charge on any atom is -0.493 e. The maximum Gasteiger partial charge on any atom is 0.224 e. The molecule has 0 spiro atoms. The Labute approximate surface area is 206 Å². The summed E-state index contributed by atoms with van der Waals surface area (Å²) < 4.78 is 22.0. The third-order valence-corrected chi connectivity index (χ3v) is 6.05. The van der Waals surface area contributed by atoms with Gasteiger partial charge in [0.25, 0.3) is 0 Å². The zero-order chi connectivity index (χ0) is 24.6. The average Bonchev–Trinajstić information content (AvgIpc) is 3.30. The van der Waals surface area contributed by atoms with Crippen molar-refractivity contribution in [1.29, 1.82) is 0 Å². The van der Waals surface area contributed by atoms with Crippen LogP contribution in [0.5, 0.6) is 28.7 Å². The fraction of sp³-hybridized carbons (Fsp3) is 0.321. The van der Waals surface area contributed by atoms with Gasteiger partial charge in [-0.05, 0) is 53.9 Å². The van der Waals surface area contributed by atoms with Gasteiger partial charge in [-0.2, -0.15) is 0 Å². The number of rotatable bonds is 10. The zero-order valence-electron chi connectivity index (χ0n) is 20.5. The molecule has 7 nitrogen and oxygen atoms in total. The van der Waals surface area contributed by atoms with E-state index in [1.54, 1.807) is 21.3 Å². The molecule has 1 amide bonds. The van der Waals surface area contributed by atoms with Crippen LogP contribution in [-0.4, -0.2) is 51.3 Å². The maximum absolute atomic E-state index is 12.6. The summed E-state index contributed by atoms with van der Waals surface area (Å²) in [5.41, 5.74) is 2.05. The van der Waals surface area contributed by atoms with Crippen molar-refractivity contribution in [1.82, 2.24) is 10.2 Å². The lowest BCUT2D eigenvalue weighted by molar-refractivity contribution is -0.121.